The van der Waals surface area contributed by atoms with Gasteiger partial charge in [-0.05, 0) is 38.5 Å². The minimum atomic E-state index is -2.32. The summed E-state index contributed by atoms with van der Waals surface area (Å²) in [6, 6.07) is 6.59. The smallest absolute Gasteiger partial charge is 0.351 e. The van der Waals surface area contributed by atoms with Crippen LogP contribution in [0.3, 0.4) is 0 Å². The second kappa shape index (κ2) is 7.40. The number of ether oxygens (including phenoxy) is 2. The maximum Gasteiger partial charge on any atom is 0.351 e. The Morgan fingerprint density at radius 2 is 2.10 bits per heavy atom. The van der Waals surface area contributed by atoms with Crippen molar-refractivity contribution < 1.29 is 28.9 Å². The van der Waals surface area contributed by atoms with E-state index in [-0.39, 0.29) is 5.82 Å². The van der Waals surface area contributed by atoms with Gasteiger partial charge in [0, 0.05) is 12.6 Å². The number of alkyl halides is 1. The van der Waals surface area contributed by atoms with Crippen molar-refractivity contribution in [1.82, 2.24) is 9.55 Å². The Hall–Kier alpha value is -2.82. The lowest BCUT2D eigenvalue weighted by Gasteiger charge is -2.24. The summed E-state index contributed by atoms with van der Waals surface area (Å²) >= 11 is 0. The first kappa shape index (κ1) is 21.4. The summed E-state index contributed by atoms with van der Waals surface area (Å²) in [5.41, 5.74) is -2.39. The van der Waals surface area contributed by atoms with Gasteiger partial charge in [-0.3, -0.25) is 9.36 Å². The van der Waals surface area contributed by atoms with E-state index in [0.717, 1.165) is 17.1 Å². The molecule has 1 aromatic carbocycles. The van der Waals surface area contributed by atoms with Gasteiger partial charge in [0.1, 0.15) is 29.4 Å². The predicted octanol–water partition coefficient (Wildman–Crippen LogP) is 1.19. The Bertz CT molecular complexity index is 1080. The van der Waals surface area contributed by atoms with Crippen LogP contribution in [0.5, 0.6) is 5.75 Å². The molecule has 2 aliphatic rings. The number of halogens is 1. The number of hydrogen-bond donors (Lipinski definition) is 3. The highest BCUT2D eigenvalue weighted by Gasteiger charge is 2.55. The van der Waals surface area contributed by atoms with Crippen molar-refractivity contribution in [2.75, 3.05) is 11.9 Å². The van der Waals surface area contributed by atoms with E-state index in [9.17, 15) is 24.2 Å². The van der Waals surface area contributed by atoms with E-state index in [1.165, 1.54) is 12.3 Å². The average Bonchev–Trinajstić information content (AvgIpc) is 3.13. The number of rotatable bonds is 4. The third kappa shape index (κ3) is 3.71. The predicted molar refractivity (Wildman–Crippen MR) is 108 cm³/mol. The van der Waals surface area contributed by atoms with Crippen LogP contribution < -0.4 is 15.7 Å². The molecular weight excluding hydrogens is 409 g/mol. The van der Waals surface area contributed by atoms with Gasteiger partial charge >= 0.3 is 5.69 Å². The van der Waals surface area contributed by atoms with Crippen molar-refractivity contribution in [2.45, 2.75) is 56.9 Å². The highest BCUT2D eigenvalue weighted by molar-refractivity contribution is 6.06. The summed E-state index contributed by atoms with van der Waals surface area (Å²) in [5, 5.41) is 21.8. The Kier molecular flexibility index (Phi) is 5.11. The van der Waals surface area contributed by atoms with Crippen molar-refractivity contribution in [2.24, 2.45) is 0 Å². The van der Waals surface area contributed by atoms with Gasteiger partial charge in [0.25, 0.3) is 5.91 Å². The van der Waals surface area contributed by atoms with Crippen molar-refractivity contribution >= 4 is 11.7 Å². The topological polar surface area (TPSA) is 123 Å². The summed E-state index contributed by atoms with van der Waals surface area (Å²) in [4.78, 5) is 29.1. The first-order valence-electron chi connectivity index (χ1n) is 9.88. The molecule has 4 atom stereocenters. The number of amides is 1. The number of nitrogens with one attached hydrogen (secondary N) is 1. The molecule has 10 heteroatoms. The fourth-order valence-corrected chi connectivity index (χ4v) is 4.00. The number of fused-ring (bicyclic) bond motifs is 1. The lowest BCUT2D eigenvalue weighted by Crippen LogP contribution is -2.42. The van der Waals surface area contributed by atoms with Crippen LogP contribution in [0.2, 0.25) is 0 Å². The number of para-hydroxylation sites is 1. The highest BCUT2D eigenvalue weighted by Crippen LogP contribution is 2.40. The number of benzene rings is 1. The number of aliphatic hydroxyl groups excluding tert-OH is 2. The molecule has 31 heavy (non-hydrogen) atoms. The van der Waals surface area contributed by atoms with E-state index < -0.39 is 47.9 Å². The number of nitrogens with zero attached hydrogens (tertiary/aromatic N) is 2. The van der Waals surface area contributed by atoms with E-state index in [1.807, 2.05) is 19.9 Å². The number of carbonyl (C=O) groups is 1. The third-order valence-corrected chi connectivity index (χ3v) is 5.56. The first-order chi connectivity index (χ1) is 14.5. The van der Waals surface area contributed by atoms with Gasteiger partial charge in [-0.25, -0.2) is 9.18 Å². The average molecular weight is 433 g/mol. The van der Waals surface area contributed by atoms with Gasteiger partial charge < -0.3 is 25.0 Å². The Morgan fingerprint density at radius 3 is 2.74 bits per heavy atom. The fourth-order valence-electron chi connectivity index (χ4n) is 4.00. The molecule has 4 rings (SSSR count). The van der Waals surface area contributed by atoms with Gasteiger partial charge in [-0.15, -0.1) is 0 Å². The summed E-state index contributed by atoms with van der Waals surface area (Å²) in [7, 11) is 0. The van der Waals surface area contributed by atoms with Crippen molar-refractivity contribution in [3.8, 4) is 5.75 Å². The highest BCUT2D eigenvalue weighted by atomic mass is 19.1. The molecular formula is C21H24FN3O6. The fraction of sp³-hybridized carbons (Fsp3) is 0.476. The van der Waals surface area contributed by atoms with Crippen molar-refractivity contribution in [3.05, 3.63) is 52.1 Å². The molecule has 2 aliphatic heterocycles. The van der Waals surface area contributed by atoms with Crippen LogP contribution in [0, 0.1) is 0 Å². The zero-order chi connectivity index (χ0) is 22.6. The molecule has 166 valence electrons. The molecule has 0 radical (unpaired) electrons. The lowest BCUT2D eigenvalue weighted by atomic mass is 9.98. The van der Waals surface area contributed by atoms with Crippen LogP contribution in [0.15, 0.2) is 35.3 Å². The molecule has 0 bridgehead atoms. The number of anilines is 1. The Balaban J connectivity index is 1.56. The monoisotopic (exact) mass is 433 g/mol. The molecule has 1 amide bonds. The van der Waals surface area contributed by atoms with Crippen LogP contribution in [0.25, 0.3) is 0 Å². The summed E-state index contributed by atoms with van der Waals surface area (Å²) in [6.45, 7) is 4.33. The summed E-state index contributed by atoms with van der Waals surface area (Å²) in [6.07, 6.45) is -2.37. The van der Waals surface area contributed by atoms with Gasteiger partial charge in [0.05, 0.1) is 12.2 Å². The maximum absolute atomic E-state index is 14.9. The zero-order valence-electron chi connectivity index (χ0n) is 17.3. The molecule has 0 saturated carbocycles. The number of aliphatic hydroxyl groups is 2. The largest absolute Gasteiger partial charge is 0.486 e. The molecule has 1 fully saturated rings. The standard InChI is InChI=1S/C21H24FN3O6/c1-20(2)9-11-5-4-6-12(15(11)31-20)17(28)23-14-7-8-25(19(29)24-14)18-21(3,22)16(27)13(10-26)30-18/h4-8,13,16,18,26-27H,9-10H2,1-3H3,(H,23,24,28,29)/t13-,16-,18?,21?/m1/s1. The Morgan fingerprint density at radius 1 is 1.35 bits per heavy atom. The van der Waals surface area contributed by atoms with Crippen molar-refractivity contribution in [3.63, 3.8) is 0 Å². The third-order valence-electron chi connectivity index (χ3n) is 5.56. The Labute approximate surface area is 177 Å². The maximum atomic E-state index is 14.9. The van der Waals surface area contributed by atoms with E-state index in [0.29, 0.717) is 17.7 Å². The van der Waals surface area contributed by atoms with Gasteiger partial charge in [0.2, 0.25) is 0 Å². The summed E-state index contributed by atoms with van der Waals surface area (Å²) in [5.74, 6) is -0.0312. The van der Waals surface area contributed by atoms with Gasteiger partial charge in [-0.1, -0.05) is 12.1 Å². The zero-order valence-corrected chi connectivity index (χ0v) is 17.3. The van der Waals surface area contributed by atoms with Crippen LogP contribution in [-0.2, 0) is 11.2 Å². The molecule has 9 nitrogen and oxygen atoms in total. The minimum Gasteiger partial charge on any atom is -0.486 e. The van der Waals surface area contributed by atoms with Gasteiger partial charge in [-0.2, -0.15) is 4.98 Å². The molecule has 1 aromatic heterocycles. The molecule has 0 aliphatic carbocycles. The van der Waals surface area contributed by atoms with Crippen molar-refractivity contribution in [1.29, 1.82) is 0 Å². The molecule has 3 N–H and O–H groups in total. The van der Waals surface area contributed by atoms with Crippen LogP contribution >= 0.6 is 0 Å². The normalized spacial score (nSPS) is 28.8. The second-order valence-corrected chi connectivity index (χ2v) is 8.59. The first-order valence-corrected chi connectivity index (χ1v) is 9.88. The molecule has 1 saturated heterocycles. The molecule has 2 unspecified atom stereocenters. The minimum absolute atomic E-state index is 0.0288. The van der Waals surface area contributed by atoms with E-state index >= 15 is 0 Å². The van der Waals surface area contributed by atoms with Gasteiger partial charge in [0.15, 0.2) is 11.9 Å². The number of aromatic nitrogens is 2. The van der Waals surface area contributed by atoms with Crippen LogP contribution in [-0.4, -0.2) is 55.8 Å². The van der Waals surface area contributed by atoms with Crippen LogP contribution in [0.4, 0.5) is 10.2 Å². The summed E-state index contributed by atoms with van der Waals surface area (Å²) < 4.78 is 27.0. The van der Waals surface area contributed by atoms with E-state index in [1.54, 1.807) is 12.1 Å². The SMILES string of the molecule is CC1(C)Cc2cccc(C(=O)Nc3ccn(C4O[C@H](CO)[C@@H](O)C4(C)F)c(=O)n3)c2O1. The van der Waals surface area contributed by atoms with E-state index in [4.69, 9.17) is 9.47 Å². The molecule has 2 aromatic rings. The molecule has 3 heterocycles. The quantitative estimate of drug-likeness (QED) is 0.662. The second-order valence-electron chi connectivity index (χ2n) is 8.59. The lowest BCUT2D eigenvalue weighted by molar-refractivity contribution is -0.0610. The van der Waals surface area contributed by atoms with E-state index in [2.05, 4.69) is 10.3 Å². The number of hydrogen-bond acceptors (Lipinski definition) is 7. The van der Waals surface area contributed by atoms with Crippen LogP contribution in [0.1, 0.15) is 42.9 Å². The number of carbonyl (C=O) groups excluding carboxylic acids is 1. The molecule has 0 spiro atoms.